The molecule has 0 aromatic carbocycles. The molecule has 4 heterocycles. The molecule has 2 saturated heterocycles. The molecule has 25 heteroatoms. The molecule has 2 aromatic rings. The van der Waals surface area contributed by atoms with Gasteiger partial charge in [0.05, 0.1) is 0 Å². The Morgan fingerprint density at radius 1 is 0.674 bits per heavy atom. The predicted molar refractivity (Wildman–Crippen MR) is 122 cm³/mol. The van der Waals surface area contributed by atoms with Gasteiger partial charge in [0, 0.05) is 63.9 Å². The van der Waals surface area contributed by atoms with E-state index < -0.39 is 97.3 Å². The van der Waals surface area contributed by atoms with E-state index >= 15 is 0 Å². The first kappa shape index (κ1) is 50.7. The fourth-order valence-electron chi connectivity index (χ4n) is 3.77. The van der Waals surface area contributed by atoms with Gasteiger partial charge in [-0.25, -0.2) is 9.59 Å². The topological polar surface area (TPSA) is 425 Å². The van der Waals surface area contributed by atoms with Crippen LogP contribution in [0.3, 0.4) is 0 Å². The Balaban J connectivity index is -0.000000193. The Hall–Kier alpha value is -1.96. The van der Waals surface area contributed by atoms with E-state index in [0.717, 1.165) is 21.8 Å². The fraction of sp³-hybridized carbons (Fsp3) is 0.556. The molecule has 0 bridgehead atoms. The molecule has 0 saturated carbocycles. The van der Waals surface area contributed by atoms with Crippen LogP contribution in [-0.4, -0.2) is 153 Å². The number of carboxylic acids is 2. The Morgan fingerprint density at radius 2 is 0.953 bits per heavy atom. The van der Waals surface area contributed by atoms with Crippen molar-refractivity contribution in [2.75, 3.05) is 13.2 Å². The summed E-state index contributed by atoms with van der Waals surface area (Å²) < 4.78 is 9.96. The van der Waals surface area contributed by atoms with Crippen molar-refractivity contribution in [1.82, 2.24) is 19.1 Å². The number of nitrogens with one attached hydrogen (secondary N) is 2. The predicted octanol–water partition coefficient (Wildman–Crippen LogP) is -3.94. The number of rotatable bonds is 6. The number of ether oxygens (including phenoxy) is 2. The molecule has 22 nitrogen and oxygen atoms in total. The number of carbonyl (C=O) groups is 2. The Kier molecular flexibility index (Phi) is 24.6. The fourth-order valence-corrected chi connectivity index (χ4v) is 3.77. The van der Waals surface area contributed by atoms with Gasteiger partial charge in [0.2, 0.25) is 24.7 Å². The molecule has 8 unspecified atom stereocenters. The number of imidazole rings is 2. The molecule has 256 valence electrons. The Labute approximate surface area is 272 Å². The van der Waals surface area contributed by atoms with E-state index in [1.807, 2.05) is 0 Å². The number of aromatic carboxylic acids is 2. The number of aromatic nitrogens is 4. The van der Waals surface area contributed by atoms with Gasteiger partial charge < -0.3 is 92.8 Å². The monoisotopic (exact) mass is 754 g/mol. The SMILES string of the molecule is [Fe].[Fe].[Fe].[NH-]c1c(C(=O)O)ncn1C1[OH+]C(CO)C(O)C1O.[NH-]c1c(C(=O)O)ncn1C1[OH+]C(CO)C(O)C1O.[OH-].[OH-].[OH-].[OH-]. The minimum absolute atomic E-state index is 0. The van der Waals surface area contributed by atoms with Crippen LogP contribution in [0.2, 0.25) is 0 Å². The molecule has 2 fully saturated rings. The van der Waals surface area contributed by atoms with Crippen LogP contribution >= 0.6 is 0 Å². The normalized spacial score (nSPS) is 26.6. The van der Waals surface area contributed by atoms with Gasteiger partial charge in [-0.2, -0.15) is 0 Å². The molecule has 2 aliphatic rings. The van der Waals surface area contributed by atoms with Crippen LogP contribution in [0, 0.1) is 0 Å². The van der Waals surface area contributed by atoms with E-state index in [1.54, 1.807) is 0 Å². The minimum atomic E-state index is -1.36. The number of hydrogen-bond acceptors (Lipinski definition) is 14. The standard InChI is InChI=1S/2C9H12N3O6.3Fe.4H2O/c2*10-7-4(9(16)17)11-2-12(7)8-6(15)5(14)3(1-13)18-8;;;;;;;/h2*2-3,5-6,8,10,13-15H,1H2,(H,16,17);;;;4*1H2/q2*-1;;;;;;;/p-2. The molecular weight excluding hydrogens is 724 g/mol. The zero-order valence-corrected chi connectivity index (χ0v) is 24.4. The molecule has 0 radical (unpaired) electrons. The summed E-state index contributed by atoms with van der Waals surface area (Å²) in [5.74, 6) is -3.54. The maximum Gasteiger partial charge on any atom is 0.354 e. The number of carboxylic acid groups (broad SMARTS) is 2. The van der Waals surface area contributed by atoms with Crippen molar-refractivity contribution in [2.24, 2.45) is 0 Å². The summed E-state index contributed by atoms with van der Waals surface area (Å²) >= 11 is 0. The molecule has 43 heavy (non-hydrogen) atoms. The van der Waals surface area contributed by atoms with Crippen LogP contribution in [-0.2, 0) is 51.2 Å². The molecule has 0 amide bonds. The van der Waals surface area contributed by atoms with Gasteiger partial charge in [-0.1, -0.05) is 0 Å². The van der Waals surface area contributed by atoms with Crippen molar-refractivity contribution < 1.29 is 133 Å². The summed E-state index contributed by atoms with van der Waals surface area (Å²) in [7, 11) is 0. The van der Waals surface area contributed by atoms with Crippen LogP contribution in [0.1, 0.15) is 33.4 Å². The first-order chi connectivity index (χ1) is 16.9. The van der Waals surface area contributed by atoms with Crippen molar-refractivity contribution in [1.29, 1.82) is 0 Å². The summed E-state index contributed by atoms with van der Waals surface area (Å²) in [6.07, 6.45) is -6.78. The second-order valence-corrected chi connectivity index (χ2v) is 7.90. The van der Waals surface area contributed by atoms with E-state index in [2.05, 4.69) is 19.4 Å². The van der Waals surface area contributed by atoms with E-state index in [1.165, 1.54) is 0 Å². The molecule has 4 rings (SSSR count). The number of aliphatic hydroxyl groups is 10. The van der Waals surface area contributed by atoms with Gasteiger partial charge in [0.1, 0.15) is 24.6 Å². The van der Waals surface area contributed by atoms with Crippen molar-refractivity contribution in [3.05, 3.63) is 35.5 Å². The first-order valence-corrected chi connectivity index (χ1v) is 10.3. The minimum Gasteiger partial charge on any atom is -0.870 e. The number of aliphatic hydroxyl groups excluding tert-OH is 6. The molecule has 8 atom stereocenters. The van der Waals surface area contributed by atoms with Crippen LogP contribution < -0.4 is 0 Å². The van der Waals surface area contributed by atoms with Crippen LogP contribution in [0.15, 0.2) is 12.7 Å². The zero-order valence-electron chi connectivity index (χ0n) is 21.1. The van der Waals surface area contributed by atoms with Crippen LogP contribution in [0.25, 0.3) is 11.5 Å². The maximum absolute atomic E-state index is 10.7. The molecule has 16 N–H and O–H groups in total. The van der Waals surface area contributed by atoms with E-state index in [9.17, 15) is 30.0 Å². The van der Waals surface area contributed by atoms with Crippen LogP contribution in [0.5, 0.6) is 0 Å². The van der Waals surface area contributed by atoms with Gasteiger partial charge in [0.15, 0.2) is 24.4 Å². The third-order valence-electron chi connectivity index (χ3n) is 5.72. The molecule has 0 spiro atoms. The van der Waals surface area contributed by atoms with Crippen molar-refractivity contribution >= 4 is 23.6 Å². The quantitative estimate of drug-likeness (QED) is 0.103. The van der Waals surface area contributed by atoms with Gasteiger partial charge >= 0.3 is 11.9 Å². The van der Waals surface area contributed by atoms with Gasteiger partial charge in [-0.15, -0.1) is 0 Å². The molecule has 2 aromatic heterocycles. The van der Waals surface area contributed by atoms with Crippen molar-refractivity contribution in [3.8, 4) is 0 Å². The zero-order chi connectivity index (χ0) is 26.9. The van der Waals surface area contributed by atoms with Crippen LogP contribution in [0.4, 0.5) is 11.6 Å². The maximum atomic E-state index is 10.7. The first-order valence-electron chi connectivity index (χ1n) is 10.3. The largest absolute Gasteiger partial charge is 0.870 e. The molecule has 0 aliphatic carbocycles. The summed E-state index contributed by atoms with van der Waals surface area (Å²) in [5.41, 5.74) is 14.3. The van der Waals surface area contributed by atoms with Gasteiger partial charge in [-0.05, 0) is 11.6 Å². The second-order valence-electron chi connectivity index (χ2n) is 7.90. The average Bonchev–Trinajstić information content (AvgIpc) is 3.55. The Morgan fingerprint density at radius 3 is 1.14 bits per heavy atom. The van der Waals surface area contributed by atoms with Crippen molar-refractivity contribution in [2.45, 2.75) is 49.1 Å². The van der Waals surface area contributed by atoms with Crippen molar-refractivity contribution in [3.63, 3.8) is 0 Å². The summed E-state index contributed by atoms with van der Waals surface area (Å²) in [5, 5.41) is 74.1. The summed E-state index contributed by atoms with van der Waals surface area (Å²) in [4.78, 5) is 28.5. The third-order valence-corrected chi connectivity index (χ3v) is 5.72. The second kappa shape index (κ2) is 20.9. The number of hydrogen-bond donors (Lipinski definition) is 8. The van der Waals surface area contributed by atoms with Gasteiger partial charge in [-0.3, -0.25) is 9.97 Å². The number of nitrogens with zero attached hydrogens (tertiary/aromatic N) is 4. The third kappa shape index (κ3) is 10.0. The Bertz CT molecular complexity index is 1030. The summed E-state index contributed by atoms with van der Waals surface area (Å²) in [6, 6.07) is 0. The van der Waals surface area contributed by atoms with E-state index in [0.29, 0.717) is 0 Å². The molecular formula is C18H30Fe3N6O16-4. The molecule has 2 aliphatic heterocycles. The smallest absolute Gasteiger partial charge is 0.354 e. The van der Waals surface area contributed by atoms with E-state index in [-0.39, 0.29) is 73.1 Å². The van der Waals surface area contributed by atoms with E-state index in [4.69, 9.17) is 31.9 Å². The summed E-state index contributed by atoms with van der Waals surface area (Å²) in [6.45, 7) is -0.884. The van der Waals surface area contributed by atoms with Gasteiger partial charge in [0.25, 0.3) is 0 Å². The average molecular weight is 754 g/mol.